The molecule has 0 amide bonds. The minimum atomic E-state index is 0.521. The molecule has 2 nitrogen and oxygen atoms in total. The van der Waals surface area contributed by atoms with E-state index in [0.717, 1.165) is 24.0 Å². The lowest BCUT2D eigenvalue weighted by Crippen LogP contribution is -2.35. The van der Waals surface area contributed by atoms with Crippen LogP contribution in [0.3, 0.4) is 0 Å². The summed E-state index contributed by atoms with van der Waals surface area (Å²) in [5.41, 5.74) is 1.46. The molecule has 0 aromatic carbocycles. The first-order valence-electron chi connectivity index (χ1n) is 7.48. The lowest BCUT2D eigenvalue weighted by Gasteiger charge is -2.26. The molecule has 1 N–H and O–H groups in total. The molecule has 19 heavy (non-hydrogen) atoms. The van der Waals surface area contributed by atoms with Gasteiger partial charge in [0.1, 0.15) is 0 Å². The van der Waals surface area contributed by atoms with E-state index in [2.05, 4.69) is 30.1 Å². The van der Waals surface area contributed by atoms with Gasteiger partial charge in [0.05, 0.1) is 4.34 Å². The van der Waals surface area contributed by atoms with Crippen LogP contribution in [0, 0.1) is 0 Å². The van der Waals surface area contributed by atoms with Crippen molar-refractivity contribution in [2.75, 3.05) is 26.2 Å². The van der Waals surface area contributed by atoms with Crippen LogP contribution in [-0.4, -0.2) is 31.1 Å². The first-order valence-corrected chi connectivity index (χ1v) is 8.67. The number of rotatable bonds is 7. The number of fused-ring (bicyclic) bond motifs is 1. The van der Waals surface area contributed by atoms with Crippen LogP contribution in [0.4, 0.5) is 0 Å². The van der Waals surface area contributed by atoms with Crippen molar-refractivity contribution in [1.29, 1.82) is 0 Å². The van der Waals surface area contributed by atoms with Crippen molar-refractivity contribution in [3.8, 4) is 0 Å². The molecular weight excluding hydrogens is 276 g/mol. The SMILES string of the molecule is CCCN(CC)CCNC1CCCc2sc(Cl)cc21. The quantitative estimate of drug-likeness (QED) is 0.815. The van der Waals surface area contributed by atoms with Crippen molar-refractivity contribution in [2.24, 2.45) is 0 Å². The van der Waals surface area contributed by atoms with Gasteiger partial charge in [0.2, 0.25) is 0 Å². The molecule has 0 aliphatic heterocycles. The predicted molar refractivity (Wildman–Crippen MR) is 85.4 cm³/mol. The summed E-state index contributed by atoms with van der Waals surface area (Å²) in [5, 5.41) is 3.72. The van der Waals surface area contributed by atoms with Gasteiger partial charge in [-0.2, -0.15) is 0 Å². The Hall–Kier alpha value is -0.0900. The average molecular weight is 301 g/mol. The summed E-state index contributed by atoms with van der Waals surface area (Å²) in [6.07, 6.45) is 4.98. The molecule has 2 rings (SSSR count). The van der Waals surface area contributed by atoms with E-state index in [-0.39, 0.29) is 0 Å². The third-order valence-corrected chi connectivity index (χ3v) is 5.23. The van der Waals surface area contributed by atoms with Crippen LogP contribution >= 0.6 is 22.9 Å². The van der Waals surface area contributed by atoms with Gasteiger partial charge in [0, 0.05) is 24.0 Å². The maximum atomic E-state index is 6.15. The molecule has 0 spiro atoms. The Bertz CT molecular complexity index is 391. The van der Waals surface area contributed by atoms with E-state index in [1.165, 1.54) is 42.7 Å². The zero-order valence-electron chi connectivity index (χ0n) is 12.0. The number of nitrogens with one attached hydrogen (secondary N) is 1. The first-order chi connectivity index (χ1) is 9.24. The van der Waals surface area contributed by atoms with Gasteiger partial charge < -0.3 is 10.2 Å². The number of hydrogen-bond acceptors (Lipinski definition) is 3. The third kappa shape index (κ3) is 4.19. The highest BCUT2D eigenvalue weighted by Gasteiger charge is 2.22. The molecule has 1 aliphatic carbocycles. The monoisotopic (exact) mass is 300 g/mol. The van der Waals surface area contributed by atoms with Gasteiger partial charge in [-0.15, -0.1) is 11.3 Å². The van der Waals surface area contributed by atoms with Crippen LogP contribution in [0.25, 0.3) is 0 Å². The largest absolute Gasteiger partial charge is 0.309 e. The molecule has 1 aromatic rings. The fraction of sp³-hybridized carbons (Fsp3) is 0.733. The van der Waals surface area contributed by atoms with Crippen LogP contribution in [0.5, 0.6) is 0 Å². The summed E-state index contributed by atoms with van der Waals surface area (Å²) < 4.78 is 0.944. The fourth-order valence-corrected chi connectivity index (χ4v) is 4.26. The predicted octanol–water partition coefficient (Wildman–Crippen LogP) is 4.10. The van der Waals surface area contributed by atoms with Gasteiger partial charge >= 0.3 is 0 Å². The molecule has 1 aromatic heterocycles. The smallest absolute Gasteiger partial charge is 0.0934 e. The molecule has 1 unspecified atom stereocenters. The van der Waals surface area contributed by atoms with Gasteiger partial charge in [-0.05, 0) is 50.4 Å². The van der Waals surface area contributed by atoms with Gasteiger partial charge in [-0.3, -0.25) is 0 Å². The minimum absolute atomic E-state index is 0.521. The highest BCUT2D eigenvalue weighted by atomic mass is 35.5. The highest BCUT2D eigenvalue weighted by Crippen LogP contribution is 2.37. The van der Waals surface area contributed by atoms with Crippen molar-refractivity contribution in [2.45, 2.75) is 45.6 Å². The van der Waals surface area contributed by atoms with Gasteiger partial charge in [0.15, 0.2) is 0 Å². The fourth-order valence-electron chi connectivity index (χ4n) is 2.87. The third-order valence-electron chi connectivity index (χ3n) is 3.89. The lowest BCUT2D eigenvalue weighted by molar-refractivity contribution is 0.280. The van der Waals surface area contributed by atoms with Crippen LogP contribution in [0.1, 0.15) is 49.6 Å². The topological polar surface area (TPSA) is 15.3 Å². The number of halogens is 1. The summed E-state index contributed by atoms with van der Waals surface area (Å²) in [7, 11) is 0. The summed E-state index contributed by atoms with van der Waals surface area (Å²) in [6.45, 7) is 9.07. The maximum Gasteiger partial charge on any atom is 0.0934 e. The highest BCUT2D eigenvalue weighted by molar-refractivity contribution is 7.16. The van der Waals surface area contributed by atoms with E-state index in [1.54, 1.807) is 11.3 Å². The van der Waals surface area contributed by atoms with E-state index in [9.17, 15) is 0 Å². The molecular formula is C15H25ClN2S. The van der Waals surface area contributed by atoms with Crippen molar-refractivity contribution >= 4 is 22.9 Å². The van der Waals surface area contributed by atoms with Gasteiger partial charge in [-0.25, -0.2) is 0 Å². The second-order valence-electron chi connectivity index (χ2n) is 5.26. The van der Waals surface area contributed by atoms with Crippen molar-refractivity contribution in [3.05, 3.63) is 20.8 Å². The van der Waals surface area contributed by atoms with E-state index < -0.39 is 0 Å². The van der Waals surface area contributed by atoms with Crippen LogP contribution in [-0.2, 0) is 6.42 Å². The van der Waals surface area contributed by atoms with Crippen molar-refractivity contribution in [1.82, 2.24) is 10.2 Å². The van der Waals surface area contributed by atoms with Crippen molar-refractivity contribution in [3.63, 3.8) is 0 Å². The van der Waals surface area contributed by atoms with E-state index >= 15 is 0 Å². The Morgan fingerprint density at radius 2 is 2.26 bits per heavy atom. The summed E-state index contributed by atoms with van der Waals surface area (Å²) in [6, 6.07) is 2.69. The molecule has 4 heteroatoms. The Morgan fingerprint density at radius 1 is 1.42 bits per heavy atom. The molecule has 0 radical (unpaired) electrons. The number of aryl methyl sites for hydroxylation is 1. The first kappa shape index (κ1) is 15.3. The van der Waals surface area contributed by atoms with E-state index in [0.29, 0.717) is 6.04 Å². The summed E-state index contributed by atoms with van der Waals surface area (Å²) in [4.78, 5) is 4.01. The standard InChI is InChI=1S/C15H25ClN2S/c1-3-9-18(4-2)10-8-17-13-6-5-7-14-12(13)11-15(16)19-14/h11,13,17H,3-10H2,1-2H3. The number of thiophene rings is 1. The second kappa shape index (κ2) is 7.63. The second-order valence-corrected chi connectivity index (χ2v) is 7.03. The average Bonchev–Trinajstić information content (AvgIpc) is 2.78. The van der Waals surface area contributed by atoms with Gasteiger partial charge in [-0.1, -0.05) is 25.4 Å². The Labute approximate surface area is 126 Å². The lowest BCUT2D eigenvalue weighted by atomic mass is 9.94. The molecule has 0 saturated carbocycles. The van der Waals surface area contributed by atoms with Crippen LogP contribution in [0.15, 0.2) is 6.07 Å². The summed E-state index contributed by atoms with van der Waals surface area (Å²) >= 11 is 7.91. The molecule has 0 bridgehead atoms. The van der Waals surface area contributed by atoms with E-state index in [1.807, 2.05) is 0 Å². The van der Waals surface area contributed by atoms with Gasteiger partial charge in [0.25, 0.3) is 0 Å². The van der Waals surface area contributed by atoms with Crippen LogP contribution < -0.4 is 5.32 Å². The number of likely N-dealkylation sites (N-methyl/N-ethyl adjacent to an activating group) is 1. The number of hydrogen-bond donors (Lipinski definition) is 1. The Kier molecular flexibility index (Phi) is 6.14. The molecule has 1 aliphatic rings. The Morgan fingerprint density at radius 3 is 3.00 bits per heavy atom. The molecule has 1 heterocycles. The van der Waals surface area contributed by atoms with Crippen molar-refractivity contribution < 1.29 is 0 Å². The minimum Gasteiger partial charge on any atom is -0.309 e. The zero-order chi connectivity index (χ0) is 13.7. The number of nitrogens with zero attached hydrogens (tertiary/aromatic N) is 1. The van der Waals surface area contributed by atoms with Crippen LogP contribution in [0.2, 0.25) is 4.34 Å². The molecule has 0 saturated heterocycles. The maximum absolute atomic E-state index is 6.15. The molecule has 108 valence electrons. The normalized spacial score (nSPS) is 18.8. The van der Waals surface area contributed by atoms with E-state index in [4.69, 9.17) is 11.6 Å². The molecule has 1 atom stereocenters. The zero-order valence-corrected chi connectivity index (χ0v) is 13.6. The Balaban J connectivity index is 1.83. The molecule has 0 fully saturated rings. The summed E-state index contributed by atoms with van der Waals surface area (Å²) in [5.74, 6) is 0.